The van der Waals surface area contributed by atoms with Crippen molar-refractivity contribution in [3.63, 3.8) is 0 Å². The Morgan fingerprint density at radius 3 is 2.76 bits per heavy atom. The van der Waals surface area contributed by atoms with Crippen LogP contribution in [0.15, 0.2) is 12.1 Å². The molecule has 25 heavy (non-hydrogen) atoms. The molecule has 6 heteroatoms. The predicted octanol–water partition coefficient (Wildman–Crippen LogP) is 2.53. The van der Waals surface area contributed by atoms with Crippen LogP contribution >= 0.6 is 0 Å². The van der Waals surface area contributed by atoms with Crippen molar-refractivity contribution in [2.24, 2.45) is 12.5 Å². The number of rotatable bonds is 2. The van der Waals surface area contributed by atoms with Crippen molar-refractivity contribution in [2.75, 3.05) is 31.1 Å². The van der Waals surface area contributed by atoms with Gasteiger partial charge in [-0.1, -0.05) is 0 Å². The Balaban J connectivity index is 1.50. The highest BCUT2D eigenvalue weighted by Gasteiger charge is 2.53. The Morgan fingerprint density at radius 2 is 2.08 bits per heavy atom. The first-order valence-electron chi connectivity index (χ1n) is 9.18. The van der Waals surface area contributed by atoms with Crippen molar-refractivity contribution in [3.8, 4) is 0 Å². The van der Waals surface area contributed by atoms with Crippen molar-refractivity contribution in [1.29, 1.82) is 0 Å². The molecule has 0 radical (unpaired) electrons. The van der Waals surface area contributed by atoms with Gasteiger partial charge in [0.1, 0.15) is 17.6 Å². The number of hydrogen-bond acceptors (Lipinski definition) is 3. The topological polar surface area (TPSA) is 41.4 Å². The van der Waals surface area contributed by atoms with Gasteiger partial charge in [0, 0.05) is 56.1 Å². The molecule has 0 N–H and O–H groups in total. The molecule has 1 amide bonds. The van der Waals surface area contributed by atoms with Crippen molar-refractivity contribution >= 4 is 22.8 Å². The van der Waals surface area contributed by atoms with Crippen LogP contribution in [-0.2, 0) is 13.5 Å². The molecule has 1 saturated carbocycles. The van der Waals surface area contributed by atoms with Gasteiger partial charge in [0.15, 0.2) is 0 Å². The summed E-state index contributed by atoms with van der Waals surface area (Å²) in [5.41, 5.74) is 2.99. The lowest BCUT2D eigenvalue weighted by molar-refractivity contribution is 0.000466. The van der Waals surface area contributed by atoms with Gasteiger partial charge in [-0.2, -0.15) is 0 Å². The summed E-state index contributed by atoms with van der Waals surface area (Å²) in [6, 6.07) is 4.05. The lowest BCUT2D eigenvalue weighted by Crippen LogP contribution is -2.63. The number of nitrogens with zero attached hydrogens (tertiary/aromatic N) is 4. The van der Waals surface area contributed by atoms with Gasteiger partial charge in [0.25, 0.3) is 5.91 Å². The van der Waals surface area contributed by atoms with Gasteiger partial charge < -0.3 is 14.4 Å². The van der Waals surface area contributed by atoms with Crippen LogP contribution in [-0.4, -0.2) is 52.7 Å². The molecule has 2 aromatic rings. The third-order valence-corrected chi connectivity index (χ3v) is 6.33. The van der Waals surface area contributed by atoms with E-state index in [1.165, 1.54) is 0 Å². The van der Waals surface area contributed by atoms with E-state index in [1.807, 2.05) is 31.0 Å². The van der Waals surface area contributed by atoms with Gasteiger partial charge in [-0.25, -0.2) is 9.37 Å². The van der Waals surface area contributed by atoms with Crippen molar-refractivity contribution in [3.05, 3.63) is 23.4 Å². The van der Waals surface area contributed by atoms with Crippen LogP contribution in [0.3, 0.4) is 0 Å². The molecule has 2 aromatic heterocycles. The maximum atomic E-state index is 13.2. The maximum absolute atomic E-state index is 13.2. The van der Waals surface area contributed by atoms with Crippen LogP contribution in [0.4, 0.5) is 10.2 Å². The number of amides is 1. The number of fused-ring (bicyclic) bond motifs is 3. The van der Waals surface area contributed by atoms with Crippen LogP contribution in [0.1, 0.15) is 35.8 Å². The molecule has 4 heterocycles. The average Bonchev–Trinajstić information content (AvgIpc) is 2.83. The van der Waals surface area contributed by atoms with E-state index in [0.29, 0.717) is 12.8 Å². The van der Waals surface area contributed by atoms with E-state index in [1.54, 1.807) is 0 Å². The van der Waals surface area contributed by atoms with E-state index < -0.39 is 6.17 Å². The summed E-state index contributed by atoms with van der Waals surface area (Å²) >= 11 is 0. The number of aryl methyl sites for hydroxylation is 1. The van der Waals surface area contributed by atoms with E-state index in [4.69, 9.17) is 4.98 Å². The van der Waals surface area contributed by atoms with Crippen LogP contribution in [0, 0.1) is 5.41 Å². The number of aromatic nitrogens is 2. The van der Waals surface area contributed by atoms with Crippen LogP contribution in [0.5, 0.6) is 0 Å². The lowest BCUT2D eigenvalue weighted by atomic mass is 9.62. The van der Waals surface area contributed by atoms with Gasteiger partial charge in [-0.05, 0) is 31.9 Å². The fourth-order valence-electron chi connectivity index (χ4n) is 4.91. The molecule has 2 fully saturated rings. The minimum atomic E-state index is -0.607. The highest BCUT2D eigenvalue weighted by molar-refractivity contribution is 6.08. The molecule has 1 saturated heterocycles. The fourth-order valence-corrected chi connectivity index (χ4v) is 4.91. The van der Waals surface area contributed by atoms with Crippen molar-refractivity contribution in [1.82, 2.24) is 14.5 Å². The van der Waals surface area contributed by atoms with Crippen LogP contribution in [0.2, 0.25) is 0 Å². The molecule has 1 aliphatic carbocycles. The zero-order valence-electron chi connectivity index (χ0n) is 14.8. The highest BCUT2D eigenvalue weighted by atomic mass is 18.2. The fraction of sp³-hybridized carbons (Fsp3) is 0.579. The molecule has 0 unspecified atom stereocenters. The second-order valence-corrected chi connectivity index (χ2v) is 7.92. The molecule has 0 bridgehead atoms. The monoisotopic (exact) mass is 341 g/mol. The number of anilines is 1. The van der Waals surface area contributed by atoms with Crippen LogP contribution in [0.25, 0.3) is 11.0 Å². The predicted molar refractivity (Wildman–Crippen MR) is 94.8 cm³/mol. The molecule has 5 nitrogen and oxygen atoms in total. The summed E-state index contributed by atoms with van der Waals surface area (Å²) in [6.45, 7) is 5.34. The van der Waals surface area contributed by atoms with E-state index in [0.717, 1.165) is 60.7 Å². The number of alkyl halides is 1. The Hall–Kier alpha value is -2.11. The highest BCUT2D eigenvalue weighted by Crippen LogP contribution is 2.50. The number of hydrogen-bond donors (Lipinski definition) is 0. The first-order valence-corrected chi connectivity index (χ1v) is 9.18. The van der Waals surface area contributed by atoms with Gasteiger partial charge in [-0.15, -0.1) is 0 Å². The zero-order valence-corrected chi connectivity index (χ0v) is 14.8. The average molecular weight is 341 g/mol. The summed E-state index contributed by atoms with van der Waals surface area (Å²) in [4.78, 5) is 21.8. The van der Waals surface area contributed by atoms with Gasteiger partial charge >= 0.3 is 0 Å². The minimum absolute atomic E-state index is 0.121. The first-order chi connectivity index (χ1) is 12.0. The third kappa shape index (κ3) is 1.99. The molecule has 0 atom stereocenters. The normalized spacial score (nSPS) is 22.3. The Morgan fingerprint density at radius 1 is 1.32 bits per heavy atom. The Bertz CT molecular complexity index is 875. The second-order valence-electron chi connectivity index (χ2n) is 7.92. The van der Waals surface area contributed by atoms with Crippen molar-refractivity contribution in [2.45, 2.75) is 32.4 Å². The SMILES string of the molecule is CCN1CCc2c(c3ccc(N4CC5(CC([18F])C5)C4)nc3n2C)C1=O. The molecule has 0 aromatic carbocycles. The summed E-state index contributed by atoms with van der Waals surface area (Å²) in [6.07, 6.45) is 1.67. The van der Waals surface area contributed by atoms with E-state index in [-0.39, 0.29) is 11.3 Å². The summed E-state index contributed by atoms with van der Waals surface area (Å²) in [5.74, 6) is 1.06. The van der Waals surface area contributed by atoms with Gasteiger partial charge in [0.2, 0.25) is 0 Å². The molecule has 1 spiro atoms. The second kappa shape index (κ2) is 4.96. The minimum Gasteiger partial charge on any atom is -0.355 e. The molecular weight excluding hydrogens is 318 g/mol. The largest absolute Gasteiger partial charge is 0.355 e. The van der Waals surface area contributed by atoms with Gasteiger partial charge in [-0.3, -0.25) is 4.79 Å². The summed E-state index contributed by atoms with van der Waals surface area (Å²) in [5, 5.41) is 0.951. The molecule has 3 aliphatic rings. The standard InChI is InChI=1S/C19H23FN4O/c1-3-23-7-6-14-16(18(23)25)13-4-5-15(21-17(13)22(14)2)24-10-19(11-24)8-12(20)9-19/h4-5,12H,3,6-11H2,1-2H3/i20-1. The summed E-state index contributed by atoms with van der Waals surface area (Å²) in [7, 11) is 2.00. The quantitative estimate of drug-likeness (QED) is 0.843. The molecule has 2 aliphatic heterocycles. The number of likely N-dealkylation sites (N-methyl/N-ethyl adjacent to an activating group) is 1. The Labute approximate surface area is 146 Å². The molecule has 5 rings (SSSR count). The Kier molecular flexibility index (Phi) is 3.01. The van der Waals surface area contributed by atoms with E-state index in [2.05, 4.69) is 9.47 Å². The number of carbonyl (C=O) groups excluding carboxylic acids is 1. The number of pyridine rings is 1. The lowest BCUT2D eigenvalue weighted by Gasteiger charge is -2.57. The summed E-state index contributed by atoms with van der Waals surface area (Å²) < 4.78 is 15.3. The molecular formula is C19H23FN4O. The smallest absolute Gasteiger partial charge is 0.256 e. The van der Waals surface area contributed by atoms with E-state index in [9.17, 15) is 9.18 Å². The van der Waals surface area contributed by atoms with Crippen molar-refractivity contribution < 1.29 is 9.18 Å². The third-order valence-electron chi connectivity index (χ3n) is 6.33. The number of carbonyl (C=O) groups is 1. The van der Waals surface area contributed by atoms with E-state index >= 15 is 0 Å². The van der Waals surface area contributed by atoms with Crippen LogP contribution < -0.4 is 4.90 Å². The first kappa shape index (κ1) is 15.2. The maximum Gasteiger partial charge on any atom is 0.256 e. The molecule has 132 valence electrons. The van der Waals surface area contributed by atoms with Gasteiger partial charge in [0.05, 0.1) is 5.56 Å². The number of halogens is 1. The zero-order chi connectivity index (χ0) is 17.3.